The number of nitriles is 1. The van der Waals surface area contributed by atoms with E-state index >= 15 is 0 Å². The Morgan fingerprint density at radius 3 is 2.77 bits per heavy atom. The maximum atomic E-state index is 11.4. The minimum Gasteiger partial charge on any atom is -0.511 e. The van der Waals surface area contributed by atoms with E-state index in [1.165, 1.54) is 18.3 Å². The van der Waals surface area contributed by atoms with E-state index in [9.17, 15) is 4.79 Å². The van der Waals surface area contributed by atoms with E-state index in [4.69, 9.17) is 10.4 Å². The van der Waals surface area contributed by atoms with Gasteiger partial charge >= 0.3 is 0 Å². The number of aliphatic hydroxyl groups is 1. The Balaban J connectivity index is 3.06. The van der Waals surface area contributed by atoms with Gasteiger partial charge in [0.05, 0.1) is 0 Å². The summed E-state index contributed by atoms with van der Waals surface area (Å²) in [6, 6.07) is 3.29. The first-order valence-electron chi connectivity index (χ1n) is 3.53. The number of hydrogen-bond acceptors (Lipinski definition) is 4. The van der Waals surface area contributed by atoms with Gasteiger partial charge in [-0.25, -0.2) is 0 Å². The Hall–Kier alpha value is -1.60. The van der Waals surface area contributed by atoms with Gasteiger partial charge in [0.25, 0.3) is 0 Å². The molecule has 4 heteroatoms. The second-order valence-corrected chi connectivity index (χ2v) is 3.19. The van der Waals surface area contributed by atoms with Crippen LogP contribution in [0, 0.1) is 11.3 Å². The molecule has 0 aliphatic carbocycles. The molecule has 0 aromatic carbocycles. The predicted molar refractivity (Wildman–Crippen MR) is 49.6 cm³/mol. The van der Waals surface area contributed by atoms with Crippen LogP contribution in [0.15, 0.2) is 28.2 Å². The summed E-state index contributed by atoms with van der Waals surface area (Å²) in [5.41, 5.74) is 0.244. The highest BCUT2D eigenvalue weighted by molar-refractivity contribution is 7.08. The second kappa shape index (κ2) is 3.87. The predicted octanol–water partition coefficient (Wildman–Crippen LogP) is 2.29. The van der Waals surface area contributed by atoms with Crippen molar-refractivity contribution in [3.05, 3.63) is 33.7 Å². The van der Waals surface area contributed by atoms with Gasteiger partial charge in [0, 0.05) is 10.9 Å². The number of allylic oxidation sites excluding steroid dienone is 2. The van der Waals surface area contributed by atoms with Gasteiger partial charge in [-0.3, -0.25) is 4.79 Å². The number of aliphatic hydroxyl groups excluding tert-OH is 1. The lowest BCUT2D eigenvalue weighted by Crippen LogP contribution is -2.02. The van der Waals surface area contributed by atoms with Crippen molar-refractivity contribution in [1.82, 2.24) is 0 Å². The molecule has 1 aromatic rings. The van der Waals surface area contributed by atoms with Crippen LogP contribution in [0.5, 0.6) is 0 Å². The maximum absolute atomic E-state index is 11.4. The van der Waals surface area contributed by atoms with Crippen LogP contribution in [0.3, 0.4) is 0 Å². The molecule has 0 aliphatic heterocycles. The largest absolute Gasteiger partial charge is 0.511 e. The van der Waals surface area contributed by atoms with E-state index in [0.717, 1.165) is 0 Å². The fourth-order valence-corrected chi connectivity index (χ4v) is 1.47. The van der Waals surface area contributed by atoms with Crippen molar-refractivity contribution in [2.24, 2.45) is 0 Å². The Kier molecular flexibility index (Phi) is 2.83. The van der Waals surface area contributed by atoms with Gasteiger partial charge in [-0.05, 0) is 18.4 Å². The first-order valence-corrected chi connectivity index (χ1v) is 4.48. The van der Waals surface area contributed by atoms with Crippen molar-refractivity contribution in [3.8, 4) is 6.07 Å². The Labute approximate surface area is 79.6 Å². The molecule has 0 atom stereocenters. The van der Waals surface area contributed by atoms with E-state index in [2.05, 4.69) is 0 Å². The summed E-state index contributed by atoms with van der Waals surface area (Å²) in [6.07, 6.45) is 0. The Bertz CT molecular complexity index is 380. The van der Waals surface area contributed by atoms with Crippen molar-refractivity contribution in [3.63, 3.8) is 0 Å². The first-order chi connectivity index (χ1) is 6.16. The number of ketones is 1. The highest BCUT2D eigenvalue weighted by Crippen LogP contribution is 2.13. The Morgan fingerprint density at radius 2 is 2.38 bits per heavy atom. The van der Waals surface area contributed by atoms with Gasteiger partial charge in [-0.2, -0.15) is 16.6 Å². The summed E-state index contributed by atoms with van der Waals surface area (Å²) in [7, 11) is 0. The zero-order chi connectivity index (χ0) is 9.84. The molecule has 66 valence electrons. The molecule has 1 N–H and O–H groups in total. The van der Waals surface area contributed by atoms with Gasteiger partial charge in [0.1, 0.15) is 17.4 Å². The second-order valence-electron chi connectivity index (χ2n) is 2.41. The number of carbonyl (C=O) groups excluding carboxylic acids is 1. The van der Waals surface area contributed by atoms with E-state index in [1.807, 2.05) is 0 Å². The van der Waals surface area contributed by atoms with Crippen molar-refractivity contribution >= 4 is 17.1 Å². The van der Waals surface area contributed by atoms with Crippen molar-refractivity contribution < 1.29 is 9.90 Å². The average Bonchev–Trinajstić information content (AvgIpc) is 2.56. The van der Waals surface area contributed by atoms with E-state index in [-0.39, 0.29) is 11.3 Å². The topological polar surface area (TPSA) is 61.1 Å². The van der Waals surface area contributed by atoms with Crippen LogP contribution in [-0.4, -0.2) is 10.9 Å². The summed E-state index contributed by atoms with van der Waals surface area (Å²) in [5, 5.41) is 21.0. The molecule has 0 amide bonds. The summed E-state index contributed by atoms with van der Waals surface area (Å²) in [4.78, 5) is 11.4. The van der Waals surface area contributed by atoms with Gasteiger partial charge in [-0.1, -0.05) is 0 Å². The van der Waals surface area contributed by atoms with Crippen molar-refractivity contribution in [2.45, 2.75) is 6.92 Å². The zero-order valence-corrected chi connectivity index (χ0v) is 7.76. The van der Waals surface area contributed by atoms with Crippen molar-refractivity contribution in [2.75, 3.05) is 0 Å². The minimum atomic E-state index is -0.427. The standard InChI is InChI=1S/C9H7NO2S/c1-6(11)8(4-10)9(12)7-2-3-13-5-7/h2-3,5,11H,1H3. The highest BCUT2D eigenvalue weighted by Gasteiger charge is 2.14. The molecule has 0 fully saturated rings. The number of hydrogen-bond donors (Lipinski definition) is 1. The molecular weight excluding hydrogens is 186 g/mol. The monoisotopic (exact) mass is 193 g/mol. The fraction of sp³-hybridized carbons (Fsp3) is 0.111. The molecule has 0 aliphatic rings. The average molecular weight is 193 g/mol. The molecule has 0 bridgehead atoms. The number of carbonyl (C=O) groups is 1. The van der Waals surface area contributed by atoms with Gasteiger partial charge in [0.2, 0.25) is 5.78 Å². The van der Waals surface area contributed by atoms with Crippen LogP contribution >= 0.6 is 11.3 Å². The molecule has 0 unspecified atom stereocenters. The number of nitrogens with zero attached hydrogens (tertiary/aromatic N) is 1. The third kappa shape index (κ3) is 1.95. The molecule has 3 nitrogen and oxygen atoms in total. The van der Waals surface area contributed by atoms with Crippen LogP contribution in [0.1, 0.15) is 17.3 Å². The van der Waals surface area contributed by atoms with E-state index < -0.39 is 5.78 Å². The number of Topliss-reactive ketones (excluding diaryl/α,β-unsaturated/α-hetero) is 1. The molecule has 0 saturated carbocycles. The number of thiophene rings is 1. The summed E-state index contributed by atoms with van der Waals surface area (Å²) in [5.74, 6) is -0.664. The molecule has 13 heavy (non-hydrogen) atoms. The zero-order valence-electron chi connectivity index (χ0n) is 6.94. The van der Waals surface area contributed by atoms with Crippen molar-refractivity contribution in [1.29, 1.82) is 5.26 Å². The molecule has 0 saturated heterocycles. The molecule has 1 heterocycles. The summed E-state index contributed by atoms with van der Waals surface area (Å²) < 4.78 is 0. The normalized spacial score (nSPS) is 11.7. The smallest absolute Gasteiger partial charge is 0.207 e. The molecule has 1 aromatic heterocycles. The van der Waals surface area contributed by atoms with Gasteiger partial charge in [0.15, 0.2) is 0 Å². The van der Waals surface area contributed by atoms with Crippen LogP contribution in [0.4, 0.5) is 0 Å². The first kappa shape index (κ1) is 9.49. The Morgan fingerprint density at radius 1 is 1.69 bits per heavy atom. The molecule has 0 radical (unpaired) electrons. The lowest BCUT2D eigenvalue weighted by atomic mass is 10.1. The lowest BCUT2D eigenvalue weighted by molar-refractivity contribution is 0.103. The van der Waals surface area contributed by atoms with Gasteiger partial charge in [-0.15, -0.1) is 0 Å². The quantitative estimate of drug-likeness (QED) is 0.339. The van der Waals surface area contributed by atoms with Crippen LogP contribution in [-0.2, 0) is 0 Å². The van der Waals surface area contributed by atoms with Crippen LogP contribution < -0.4 is 0 Å². The fourth-order valence-electron chi connectivity index (χ4n) is 0.834. The molecule has 0 spiro atoms. The third-order valence-electron chi connectivity index (χ3n) is 1.48. The van der Waals surface area contributed by atoms with E-state index in [0.29, 0.717) is 5.56 Å². The van der Waals surface area contributed by atoms with Crippen LogP contribution in [0.25, 0.3) is 0 Å². The SMILES string of the molecule is CC(O)=C(C#N)C(=O)c1ccsc1. The highest BCUT2D eigenvalue weighted by atomic mass is 32.1. The molecule has 1 rings (SSSR count). The van der Waals surface area contributed by atoms with Crippen LogP contribution in [0.2, 0.25) is 0 Å². The summed E-state index contributed by atoms with van der Waals surface area (Å²) >= 11 is 1.37. The lowest BCUT2D eigenvalue weighted by Gasteiger charge is -1.95. The summed E-state index contributed by atoms with van der Waals surface area (Å²) in [6.45, 7) is 1.32. The number of rotatable bonds is 2. The third-order valence-corrected chi connectivity index (χ3v) is 2.17. The maximum Gasteiger partial charge on any atom is 0.207 e. The minimum absolute atomic E-state index is 0.196. The van der Waals surface area contributed by atoms with Gasteiger partial charge < -0.3 is 5.11 Å². The van der Waals surface area contributed by atoms with E-state index in [1.54, 1.807) is 22.9 Å². The molecular formula is C9H7NO2S.